The lowest BCUT2D eigenvalue weighted by molar-refractivity contribution is -0.113. The first-order chi connectivity index (χ1) is 12.6. The van der Waals surface area contributed by atoms with Gasteiger partial charge in [0.05, 0.1) is 24.1 Å². The van der Waals surface area contributed by atoms with Crippen molar-refractivity contribution in [2.75, 3.05) is 18.2 Å². The average Bonchev–Trinajstić information content (AvgIpc) is 2.66. The summed E-state index contributed by atoms with van der Waals surface area (Å²) in [5.41, 5.74) is 2.26. The number of nitriles is 1. The number of nitrogens with one attached hydrogen (secondary N) is 1. The number of fused-ring (bicyclic) bond motifs is 1. The minimum atomic E-state index is -0.195. The van der Waals surface area contributed by atoms with Crippen LogP contribution in [0.2, 0.25) is 0 Å². The minimum absolute atomic E-state index is 0.0315. The molecule has 3 rings (SSSR count). The Balaban J connectivity index is 1.67. The predicted molar refractivity (Wildman–Crippen MR) is 98.6 cm³/mol. The number of methoxy groups -OCH3 is 1. The molecule has 1 N–H and O–H groups in total. The topological polar surface area (TPSA) is 92.1 Å². The summed E-state index contributed by atoms with van der Waals surface area (Å²) in [6, 6.07) is 10.7. The van der Waals surface area contributed by atoms with E-state index >= 15 is 0 Å². The van der Waals surface area contributed by atoms with Crippen molar-refractivity contribution in [3.8, 4) is 11.8 Å². The molecule has 0 atom stereocenters. The van der Waals surface area contributed by atoms with Crippen LogP contribution in [0.3, 0.4) is 0 Å². The molecule has 0 aliphatic heterocycles. The molecule has 1 aliphatic carbocycles. The third kappa shape index (κ3) is 4.03. The number of amides is 1. The van der Waals surface area contributed by atoms with Gasteiger partial charge in [0, 0.05) is 17.7 Å². The molecule has 1 aromatic heterocycles. The van der Waals surface area contributed by atoms with E-state index in [1.54, 1.807) is 37.4 Å². The smallest absolute Gasteiger partial charge is 0.234 e. The molecule has 0 saturated heterocycles. The Morgan fingerprint density at radius 2 is 2.12 bits per heavy atom. The van der Waals surface area contributed by atoms with Crippen LogP contribution in [-0.2, 0) is 11.2 Å². The summed E-state index contributed by atoms with van der Waals surface area (Å²) in [5, 5.41) is 12.6. The Bertz CT molecular complexity index is 888. The van der Waals surface area contributed by atoms with Crippen LogP contribution >= 0.6 is 11.8 Å². The highest BCUT2D eigenvalue weighted by Crippen LogP contribution is 2.27. The highest BCUT2D eigenvalue weighted by Gasteiger charge is 2.21. The molecular formula is C19H17N3O3S. The van der Waals surface area contributed by atoms with Crippen molar-refractivity contribution in [2.45, 2.75) is 24.3 Å². The molecule has 6 nitrogen and oxygen atoms in total. The Labute approximate surface area is 155 Å². The van der Waals surface area contributed by atoms with Gasteiger partial charge in [0.2, 0.25) is 5.91 Å². The number of anilines is 1. The van der Waals surface area contributed by atoms with E-state index in [9.17, 15) is 14.9 Å². The second kappa shape index (κ2) is 8.02. The number of ketones is 1. The third-order valence-electron chi connectivity index (χ3n) is 4.02. The van der Waals surface area contributed by atoms with Crippen molar-refractivity contribution >= 4 is 29.1 Å². The maximum Gasteiger partial charge on any atom is 0.234 e. The molecule has 1 heterocycles. The fourth-order valence-corrected chi connectivity index (χ4v) is 3.49. The summed E-state index contributed by atoms with van der Waals surface area (Å²) in [5.74, 6) is 0.674. The number of pyridine rings is 1. The van der Waals surface area contributed by atoms with Crippen LogP contribution in [-0.4, -0.2) is 29.5 Å². The number of benzene rings is 1. The van der Waals surface area contributed by atoms with Gasteiger partial charge in [0.15, 0.2) is 5.78 Å². The monoisotopic (exact) mass is 367 g/mol. The standard InChI is InChI=1S/C19H17N3O3S/c1-25-14-7-5-13(6-8-14)21-18(24)11-26-19-12(10-20)9-15-16(22-19)3-2-4-17(15)23/h5-9H,2-4,11H2,1H3,(H,21,24). The molecule has 0 bridgehead atoms. The molecule has 0 radical (unpaired) electrons. The summed E-state index contributed by atoms with van der Waals surface area (Å²) in [6.45, 7) is 0. The van der Waals surface area contributed by atoms with Crippen molar-refractivity contribution in [1.82, 2.24) is 4.98 Å². The van der Waals surface area contributed by atoms with Gasteiger partial charge in [-0.3, -0.25) is 9.59 Å². The van der Waals surface area contributed by atoms with Crippen molar-refractivity contribution in [2.24, 2.45) is 0 Å². The minimum Gasteiger partial charge on any atom is -0.497 e. The molecule has 1 aliphatic rings. The SMILES string of the molecule is COc1ccc(NC(=O)CSc2nc3c(cc2C#N)C(=O)CCC3)cc1. The normalized spacial score (nSPS) is 12.8. The largest absolute Gasteiger partial charge is 0.497 e. The number of hydrogen-bond acceptors (Lipinski definition) is 6. The molecule has 26 heavy (non-hydrogen) atoms. The van der Waals surface area contributed by atoms with Crippen LogP contribution in [0.4, 0.5) is 5.69 Å². The molecule has 1 aromatic carbocycles. The predicted octanol–water partition coefficient (Wildman–Crippen LogP) is 3.21. The molecule has 132 valence electrons. The first-order valence-electron chi connectivity index (χ1n) is 8.14. The van der Waals surface area contributed by atoms with Crippen molar-refractivity contribution < 1.29 is 14.3 Å². The van der Waals surface area contributed by atoms with Crippen LogP contribution < -0.4 is 10.1 Å². The van der Waals surface area contributed by atoms with Crippen LogP contribution in [0.15, 0.2) is 35.4 Å². The molecule has 0 unspecified atom stereocenters. The van der Waals surface area contributed by atoms with Gasteiger partial charge in [0.1, 0.15) is 16.8 Å². The number of carbonyl (C=O) groups is 2. The highest BCUT2D eigenvalue weighted by atomic mass is 32.2. The zero-order chi connectivity index (χ0) is 18.5. The average molecular weight is 367 g/mol. The van der Waals surface area contributed by atoms with E-state index in [-0.39, 0.29) is 17.4 Å². The summed E-state index contributed by atoms with van der Waals surface area (Å²) in [7, 11) is 1.58. The molecule has 1 amide bonds. The number of Topliss-reactive ketones (excluding diaryl/α,β-unsaturated/α-hetero) is 1. The Morgan fingerprint density at radius 1 is 1.35 bits per heavy atom. The van der Waals surface area contributed by atoms with Gasteiger partial charge in [-0.1, -0.05) is 11.8 Å². The van der Waals surface area contributed by atoms with Crippen molar-refractivity contribution in [3.63, 3.8) is 0 Å². The zero-order valence-electron chi connectivity index (χ0n) is 14.2. The number of carbonyl (C=O) groups excluding carboxylic acids is 2. The lowest BCUT2D eigenvalue weighted by Gasteiger charge is -2.15. The lowest BCUT2D eigenvalue weighted by Crippen LogP contribution is -2.16. The quantitative estimate of drug-likeness (QED) is 0.816. The number of rotatable bonds is 5. The van der Waals surface area contributed by atoms with E-state index in [1.165, 1.54) is 11.8 Å². The molecule has 0 spiro atoms. The first-order valence-corrected chi connectivity index (χ1v) is 9.13. The van der Waals surface area contributed by atoms with Crippen LogP contribution in [0.5, 0.6) is 5.75 Å². The molecule has 7 heteroatoms. The van der Waals surface area contributed by atoms with E-state index in [2.05, 4.69) is 16.4 Å². The van der Waals surface area contributed by atoms with Gasteiger partial charge in [-0.05, 0) is 43.2 Å². The van der Waals surface area contributed by atoms with Gasteiger partial charge in [-0.25, -0.2) is 4.98 Å². The number of nitrogens with zero attached hydrogens (tertiary/aromatic N) is 2. The Morgan fingerprint density at radius 3 is 2.81 bits per heavy atom. The molecule has 0 fully saturated rings. The fraction of sp³-hybridized carbons (Fsp3) is 0.263. The molecular weight excluding hydrogens is 350 g/mol. The fourth-order valence-electron chi connectivity index (χ4n) is 2.71. The Hall–Kier alpha value is -2.85. The number of aromatic nitrogens is 1. The van der Waals surface area contributed by atoms with E-state index in [0.717, 1.165) is 18.5 Å². The maximum absolute atomic E-state index is 12.2. The third-order valence-corrected chi connectivity index (χ3v) is 5.01. The first kappa shape index (κ1) is 18.0. The van der Waals surface area contributed by atoms with Gasteiger partial charge < -0.3 is 10.1 Å². The van der Waals surface area contributed by atoms with Crippen LogP contribution in [0, 0.1) is 11.3 Å². The van der Waals surface area contributed by atoms with Gasteiger partial charge >= 0.3 is 0 Å². The van der Waals surface area contributed by atoms with Crippen molar-refractivity contribution in [3.05, 3.63) is 47.2 Å². The molecule has 0 saturated carbocycles. The summed E-state index contributed by atoms with van der Waals surface area (Å²) in [6.07, 6.45) is 1.99. The summed E-state index contributed by atoms with van der Waals surface area (Å²) >= 11 is 1.20. The highest BCUT2D eigenvalue weighted by molar-refractivity contribution is 8.00. The maximum atomic E-state index is 12.2. The van der Waals surface area contributed by atoms with Gasteiger partial charge in [-0.2, -0.15) is 5.26 Å². The van der Waals surface area contributed by atoms with Gasteiger partial charge in [-0.15, -0.1) is 0 Å². The second-order valence-corrected chi connectivity index (χ2v) is 6.75. The van der Waals surface area contributed by atoms with Crippen LogP contribution in [0.25, 0.3) is 0 Å². The van der Waals surface area contributed by atoms with E-state index < -0.39 is 0 Å². The number of thioether (sulfide) groups is 1. The van der Waals surface area contributed by atoms with E-state index in [0.29, 0.717) is 34.0 Å². The summed E-state index contributed by atoms with van der Waals surface area (Å²) in [4.78, 5) is 28.6. The molecule has 2 aromatic rings. The lowest BCUT2D eigenvalue weighted by atomic mass is 9.94. The second-order valence-electron chi connectivity index (χ2n) is 5.79. The summed E-state index contributed by atoms with van der Waals surface area (Å²) < 4.78 is 5.08. The number of aryl methyl sites for hydroxylation is 1. The van der Waals surface area contributed by atoms with E-state index in [1.807, 2.05) is 0 Å². The van der Waals surface area contributed by atoms with E-state index in [4.69, 9.17) is 4.74 Å². The zero-order valence-corrected chi connectivity index (χ0v) is 15.1. The number of ether oxygens (including phenoxy) is 1. The van der Waals surface area contributed by atoms with Gasteiger partial charge in [0.25, 0.3) is 0 Å². The van der Waals surface area contributed by atoms with Crippen LogP contribution in [0.1, 0.15) is 34.5 Å². The number of hydrogen-bond donors (Lipinski definition) is 1. The Kier molecular flexibility index (Phi) is 5.54. The van der Waals surface area contributed by atoms with Crippen molar-refractivity contribution in [1.29, 1.82) is 5.26 Å².